The molecule has 6 aliphatic rings. The van der Waals surface area contributed by atoms with Crippen LogP contribution in [-0.2, 0) is 42.2 Å². The predicted molar refractivity (Wildman–Crippen MR) is 369 cm³/mol. The van der Waals surface area contributed by atoms with Gasteiger partial charge in [-0.05, 0) is 108 Å². The maximum Gasteiger partial charge on any atom is 0.328 e. The number of nitrogen functional groups attached to an aromatic ring is 1. The molecule has 0 spiro atoms. The van der Waals surface area contributed by atoms with Gasteiger partial charge in [-0.3, -0.25) is 43.7 Å². The molecule has 6 amide bonds. The van der Waals surface area contributed by atoms with Gasteiger partial charge in [0, 0.05) is 129 Å². The predicted octanol–water partition coefficient (Wildman–Crippen LogP) is 7.88. The zero-order valence-electron chi connectivity index (χ0n) is 56.5. The lowest BCUT2D eigenvalue weighted by molar-refractivity contribution is -0.136. The maximum atomic E-state index is 14.8. The van der Waals surface area contributed by atoms with Gasteiger partial charge in [0.05, 0.1) is 70.4 Å². The number of imide groups is 2. The molecule has 6 saturated heterocycles. The van der Waals surface area contributed by atoms with Gasteiger partial charge in [0.2, 0.25) is 10.0 Å². The van der Waals surface area contributed by atoms with Crippen LogP contribution in [0.1, 0.15) is 61.0 Å². The summed E-state index contributed by atoms with van der Waals surface area (Å²) in [5.41, 5.74) is 11.3. The second-order valence-corrected chi connectivity index (χ2v) is 28.6. The number of nitrogens with zero attached hydrogens (tertiary/aromatic N) is 10. The van der Waals surface area contributed by atoms with Gasteiger partial charge in [0.15, 0.2) is 0 Å². The van der Waals surface area contributed by atoms with E-state index in [9.17, 15) is 27.6 Å². The molecule has 6 heterocycles. The molecule has 0 aromatic heterocycles. The molecule has 22 nitrogen and oxygen atoms in total. The highest BCUT2D eigenvalue weighted by atomic mass is 32.2. The van der Waals surface area contributed by atoms with Gasteiger partial charge in [-0.25, -0.2) is 18.0 Å². The monoisotopic (exact) mass is 1310 g/mol. The summed E-state index contributed by atoms with van der Waals surface area (Å²) in [6, 6.07) is 35.4. The van der Waals surface area contributed by atoms with E-state index < -0.39 is 21.1 Å². The van der Waals surface area contributed by atoms with E-state index in [4.69, 9.17) is 24.7 Å². The molecule has 6 aromatic rings. The third kappa shape index (κ3) is 13.1. The minimum Gasteiger partial charge on any atom is -0.495 e. The fraction of sp³-hybridized carbons (Fsp3) is 0.493. The van der Waals surface area contributed by atoms with Crippen molar-refractivity contribution in [3.63, 3.8) is 0 Å². The van der Waals surface area contributed by atoms with Gasteiger partial charge in [-0.2, -0.15) is 0 Å². The fourth-order valence-electron chi connectivity index (χ4n) is 15.6. The Morgan fingerprint density at radius 3 is 1.35 bits per heavy atom. The third-order valence-corrected chi connectivity index (χ3v) is 20.8. The highest BCUT2D eigenvalue weighted by Gasteiger charge is 2.68. The number of hydrogen-bond donors (Lipinski definition) is 2. The number of urea groups is 2. The molecule has 0 bridgehead atoms. The highest BCUT2D eigenvalue weighted by Crippen LogP contribution is 2.55. The summed E-state index contributed by atoms with van der Waals surface area (Å²) >= 11 is 0. The number of nitrogens with two attached hydrogens (primary N) is 1. The van der Waals surface area contributed by atoms with E-state index in [2.05, 4.69) is 109 Å². The van der Waals surface area contributed by atoms with E-state index in [1.807, 2.05) is 88.5 Å². The van der Waals surface area contributed by atoms with Crippen LogP contribution in [0.3, 0.4) is 0 Å². The van der Waals surface area contributed by atoms with Crippen LogP contribution in [0.15, 0.2) is 109 Å². The summed E-state index contributed by atoms with van der Waals surface area (Å²) < 4.78 is 48.4. The van der Waals surface area contributed by atoms with E-state index in [0.717, 1.165) is 87.6 Å². The van der Waals surface area contributed by atoms with Crippen LogP contribution in [0, 0.1) is 11.8 Å². The van der Waals surface area contributed by atoms with E-state index >= 15 is 0 Å². The Kier molecular flexibility index (Phi) is 20.1. The van der Waals surface area contributed by atoms with Gasteiger partial charge < -0.3 is 44.3 Å². The Balaban J connectivity index is 0.000000192. The second-order valence-electron chi connectivity index (χ2n) is 26.8. The first-order chi connectivity index (χ1) is 45.0. The molecule has 6 fully saturated rings. The zero-order valence-corrected chi connectivity index (χ0v) is 57.3. The van der Waals surface area contributed by atoms with Crippen LogP contribution >= 0.6 is 0 Å². The molecule has 12 rings (SSSR count). The lowest BCUT2D eigenvalue weighted by Gasteiger charge is -2.37. The number of amides is 6. The number of rotatable bonds is 22. The Hall–Kier alpha value is -7.77. The SMILES string of the molecule is COc1ccc(CN(C)C[C@]23C(=O)N(CCN4CCOCC4)C(=O)N2[C@@H](c2ccc(N(C)C)c4ccccc24)C[C@@H]3C)cc1N.COc1ccc(CN(C)C[C@]23C(=O)N(CCN4CCOCC4)C(=O)N2[C@@H](c2ccc(N(C)C)c4ccccc24)C[C@@H]3C)cc1NS(C)(=O)=O. The van der Waals surface area contributed by atoms with Crippen molar-refractivity contribution in [2.24, 2.45) is 11.8 Å². The summed E-state index contributed by atoms with van der Waals surface area (Å²) in [4.78, 5) is 78.3. The van der Waals surface area contributed by atoms with Crippen LogP contribution in [0.2, 0.25) is 0 Å². The number of ether oxygens (including phenoxy) is 4. The van der Waals surface area contributed by atoms with Crippen molar-refractivity contribution in [3.8, 4) is 11.5 Å². The van der Waals surface area contributed by atoms with Gasteiger partial charge in [0.1, 0.15) is 22.6 Å². The standard InChI is InChI=1S/C36H48N6O6S.C35H46N6O4/c1-25-21-32(29-12-13-31(38(2)3)28-10-8-7-9-27(28)29)42-35(44)41(16-15-40-17-19-48-20-18-40)34(43)36(25,42)24-39(4)23-26-11-14-33(47-5)30(22-26)37-49(6,45)46;1-24-20-31(28-11-12-30(37(2)3)27-9-7-6-8-26(27)28)41-34(43)40(15-14-39-16-18-45-19-17-39)33(42)35(24,41)23-38(4)22-25-10-13-32(44-5)29(36)21-25/h7-14,22,25,32,37H,15-21,23-24H2,1-6H3;6-13,21,24,31H,14-20,22-23,36H2,1-5H3/t25-,32+,36-;24-,31+,35-/m00/s1. The lowest BCUT2D eigenvalue weighted by Crippen LogP contribution is -2.56. The van der Waals surface area contributed by atoms with Crippen LogP contribution in [0.4, 0.5) is 32.3 Å². The van der Waals surface area contributed by atoms with Crippen molar-refractivity contribution in [1.29, 1.82) is 0 Å². The van der Waals surface area contributed by atoms with Crippen LogP contribution < -0.4 is 29.7 Å². The number of nitrogens with one attached hydrogen (secondary N) is 1. The van der Waals surface area contributed by atoms with Gasteiger partial charge >= 0.3 is 12.1 Å². The number of morpholine rings is 2. The summed E-state index contributed by atoms with van der Waals surface area (Å²) in [6.45, 7) is 13.7. The van der Waals surface area contributed by atoms with E-state index in [1.165, 1.54) is 16.9 Å². The Morgan fingerprint density at radius 2 is 0.957 bits per heavy atom. The fourth-order valence-corrected chi connectivity index (χ4v) is 16.2. The van der Waals surface area contributed by atoms with Crippen molar-refractivity contribution in [2.45, 2.75) is 62.9 Å². The molecule has 3 N–H and O–H groups in total. The molecular formula is C71H94N12O10S. The number of carbonyl (C=O) groups excluding carboxylic acids is 4. The number of likely N-dealkylation sites (N-methyl/N-ethyl adjacent to an activating group) is 2. The van der Waals surface area contributed by atoms with E-state index in [-0.39, 0.29) is 47.8 Å². The van der Waals surface area contributed by atoms with Crippen LogP contribution in [0.25, 0.3) is 21.5 Å². The number of carbonyl (C=O) groups is 4. The Labute approximate surface area is 554 Å². The van der Waals surface area contributed by atoms with Crippen LogP contribution in [-0.4, -0.2) is 237 Å². The average molecular weight is 1310 g/mol. The van der Waals surface area contributed by atoms with Gasteiger partial charge in [-0.15, -0.1) is 0 Å². The lowest BCUT2D eigenvalue weighted by atomic mass is 9.84. The molecule has 94 heavy (non-hydrogen) atoms. The molecule has 504 valence electrons. The first kappa shape index (κ1) is 67.6. The summed E-state index contributed by atoms with van der Waals surface area (Å²) in [5.74, 6) is 0.618. The average Bonchev–Trinajstić information content (AvgIpc) is 1.55. The zero-order chi connectivity index (χ0) is 67.0. The molecule has 0 aliphatic carbocycles. The molecule has 0 radical (unpaired) electrons. The Bertz CT molecular complexity index is 3900. The van der Waals surface area contributed by atoms with Crippen molar-refractivity contribution in [3.05, 3.63) is 131 Å². The number of methoxy groups -OCH3 is 2. The summed E-state index contributed by atoms with van der Waals surface area (Å²) in [6.07, 6.45) is 2.46. The van der Waals surface area contributed by atoms with Gasteiger partial charge in [-0.1, -0.05) is 86.6 Å². The normalized spacial score (nSPS) is 23.4. The number of anilines is 4. The van der Waals surface area contributed by atoms with Crippen molar-refractivity contribution in [2.75, 3.05) is 175 Å². The first-order valence-electron chi connectivity index (χ1n) is 32.7. The van der Waals surface area contributed by atoms with E-state index in [1.54, 1.807) is 19.2 Å². The van der Waals surface area contributed by atoms with Crippen molar-refractivity contribution >= 4 is 78.2 Å². The van der Waals surface area contributed by atoms with Gasteiger partial charge in [0.25, 0.3) is 11.8 Å². The quantitative estimate of drug-likeness (QED) is 0.0489. The van der Waals surface area contributed by atoms with E-state index in [0.29, 0.717) is 115 Å². The molecule has 0 saturated carbocycles. The smallest absolute Gasteiger partial charge is 0.328 e. The second kappa shape index (κ2) is 27.9. The largest absolute Gasteiger partial charge is 0.495 e. The molecule has 0 unspecified atom stereocenters. The Morgan fingerprint density at radius 1 is 0.553 bits per heavy atom. The summed E-state index contributed by atoms with van der Waals surface area (Å²) in [7, 11) is 11.7. The number of hydrogen-bond acceptors (Lipinski definition) is 17. The first-order valence-corrected chi connectivity index (χ1v) is 34.6. The molecular weight excluding hydrogens is 1210 g/mol. The molecule has 6 aromatic carbocycles. The minimum absolute atomic E-state index is 0.0528. The highest BCUT2D eigenvalue weighted by molar-refractivity contribution is 7.92. The molecule has 23 heteroatoms. The summed E-state index contributed by atoms with van der Waals surface area (Å²) in [5, 5.41) is 4.44. The number of fused-ring (bicyclic) bond motifs is 4. The van der Waals surface area contributed by atoms with Crippen molar-refractivity contribution in [1.82, 2.24) is 39.2 Å². The van der Waals surface area contributed by atoms with Crippen LogP contribution in [0.5, 0.6) is 11.5 Å². The molecule has 6 atom stereocenters. The topological polar surface area (TPSA) is 210 Å². The minimum atomic E-state index is -3.53. The molecule has 6 aliphatic heterocycles. The number of benzene rings is 6. The van der Waals surface area contributed by atoms with Crippen molar-refractivity contribution < 1.29 is 46.5 Å². The number of sulfonamides is 1. The third-order valence-electron chi connectivity index (χ3n) is 20.2. The maximum absolute atomic E-state index is 14.8.